The van der Waals surface area contributed by atoms with Crippen LogP contribution in [0.2, 0.25) is 0 Å². The molecule has 0 aliphatic carbocycles. The van der Waals surface area contributed by atoms with Crippen LogP contribution in [0, 0.1) is 6.92 Å². The van der Waals surface area contributed by atoms with E-state index in [0.29, 0.717) is 29.0 Å². The smallest absolute Gasteiger partial charge is 0.406 e. The number of hydrogen-bond donors (Lipinski definition) is 2. The number of halogens is 3. The van der Waals surface area contributed by atoms with Gasteiger partial charge < -0.3 is 15.0 Å². The Morgan fingerprint density at radius 3 is 2.86 bits per heavy atom. The molecule has 0 atom stereocenters. The molecule has 28 heavy (non-hydrogen) atoms. The molecule has 12 heteroatoms. The van der Waals surface area contributed by atoms with E-state index < -0.39 is 6.36 Å². The number of carbonyl (C=O) groups is 1. The van der Waals surface area contributed by atoms with E-state index in [1.54, 1.807) is 7.05 Å². The number of nitrogens with zero attached hydrogens (tertiary/aromatic N) is 4. The Bertz CT molecular complexity index is 985. The highest BCUT2D eigenvalue weighted by Crippen LogP contribution is 2.29. The monoisotopic (exact) mass is 414 g/mol. The van der Waals surface area contributed by atoms with E-state index in [1.165, 1.54) is 34.6 Å². The van der Waals surface area contributed by atoms with Crippen molar-refractivity contribution in [2.75, 3.05) is 12.3 Å². The number of alkyl halides is 3. The Labute approximate surface area is 161 Å². The predicted octanol–water partition coefficient (Wildman–Crippen LogP) is 2.35. The fourth-order valence-corrected chi connectivity index (χ4v) is 3.41. The van der Waals surface area contributed by atoms with Gasteiger partial charge in [-0.25, -0.2) is 4.68 Å². The van der Waals surface area contributed by atoms with E-state index in [9.17, 15) is 18.0 Å². The summed E-state index contributed by atoms with van der Waals surface area (Å²) in [6, 6.07) is 4.15. The molecular formula is C16H17F3N6O2S. The van der Waals surface area contributed by atoms with Crippen molar-refractivity contribution in [3.05, 3.63) is 29.5 Å². The number of aromatic amines is 1. The van der Waals surface area contributed by atoms with Crippen LogP contribution in [0.4, 0.5) is 13.2 Å². The summed E-state index contributed by atoms with van der Waals surface area (Å²) < 4.78 is 42.8. The van der Waals surface area contributed by atoms with Crippen molar-refractivity contribution in [2.24, 2.45) is 7.05 Å². The molecule has 1 amide bonds. The third-order valence-corrected chi connectivity index (χ3v) is 4.95. The molecule has 2 aromatic heterocycles. The van der Waals surface area contributed by atoms with Crippen molar-refractivity contribution < 1.29 is 22.7 Å². The van der Waals surface area contributed by atoms with Gasteiger partial charge in [-0.3, -0.25) is 4.79 Å². The summed E-state index contributed by atoms with van der Waals surface area (Å²) in [5.74, 6) is -0.311. The van der Waals surface area contributed by atoms with Gasteiger partial charge in [0.05, 0.1) is 5.75 Å². The van der Waals surface area contributed by atoms with E-state index in [1.807, 2.05) is 6.92 Å². The maximum atomic E-state index is 12.4. The maximum Gasteiger partial charge on any atom is 0.573 e. The second-order valence-electron chi connectivity index (χ2n) is 5.96. The average molecular weight is 414 g/mol. The number of aryl methyl sites for hydroxylation is 2. The lowest BCUT2D eigenvalue weighted by Gasteiger charge is -2.09. The number of tetrazole rings is 1. The quantitative estimate of drug-likeness (QED) is 0.576. The fraction of sp³-hybridized carbons (Fsp3) is 0.375. The Kier molecular flexibility index (Phi) is 5.77. The average Bonchev–Trinajstić information content (AvgIpc) is 3.15. The molecule has 0 aliphatic heterocycles. The summed E-state index contributed by atoms with van der Waals surface area (Å²) in [5, 5.41) is 14.9. The van der Waals surface area contributed by atoms with Gasteiger partial charge in [-0.1, -0.05) is 11.8 Å². The first kappa shape index (κ1) is 20.0. The van der Waals surface area contributed by atoms with Gasteiger partial charge in [0, 0.05) is 30.2 Å². The predicted molar refractivity (Wildman–Crippen MR) is 96.0 cm³/mol. The lowest BCUT2D eigenvalue weighted by Crippen LogP contribution is -2.27. The molecule has 3 rings (SSSR count). The van der Waals surface area contributed by atoms with Gasteiger partial charge in [0.1, 0.15) is 5.75 Å². The SMILES string of the molecule is Cc1[nH]c2ccc(OC(F)(F)F)cc2c1CCNC(=O)CSc1nnnn1C. The second kappa shape index (κ2) is 8.09. The minimum Gasteiger partial charge on any atom is -0.406 e. The summed E-state index contributed by atoms with van der Waals surface area (Å²) in [5.41, 5.74) is 2.36. The van der Waals surface area contributed by atoms with Crippen LogP contribution in [0.1, 0.15) is 11.3 Å². The van der Waals surface area contributed by atoms with E-state index in [4.69, 9.17) is 0 Å². The number of hydrogen-bond acceptors (Lipinski definition) is 6. The molecule has 150 valence electrons. The number of fused-ring (bicyclic) bond motifs is 1. The molecule has 2 heterocycles. The van der Waals surface area contributed by atoms with Crippen molar-refractivity contribution >= 4 is 28.6 Å². The standard InChI is InChI=1S/C16H17F3N6O2S/c1-9-11(5-6-20-14(26)8-28-15-22-23-24-25(15)2)12-7-10(27-16(17,18)19)3-4-13(12)21-9/h3-4,7,21H,5-6,8H2,1-2H3,(H,20,26). The summed E-state index contributed by atoms with van der Waals surface area (Å²) in [7, 11) is 1.68. The van der Waals surface area contributed by atoms with Crippen LogP contribution in [-0.2, 0) is 18.3 Å². The Balaban J connectivity index is 1.60. The first-order chi connectivity index (χ1) is 13.2. The number of thioether (sulfide) groups is 1. The first-order valence-corrected chi connectivity index (χ1v) is 9.20. The normalized spacial score (nSPS) is 11.8. The van der Waals surface area contributed by atoms with Gasteiger partial charge in [-0.05, 0) is 47.5 Å². The Hall–Kier alpha value is -2.76. The minimum atomic E-state index is -4.75. The highest BCUT2D eigenvalue weighted by molar-refractivity contribution is 7.99. The Morgan fingerprint density at radius 2 is 2.18 bits per heavy atom. The van der Waals surface area contributed by atoms with Crippen molar-refractivity contribution in [2.45, 2.75) is 24.9 Å². The van der Waals surface area contributed by atoms with Gasteiger partial charge >= 0.3 is 6.36 Å². The summed E-state index contributed by atoms with van der Waals surface area (Å²) in [6.07, 6.45) is -4.29. The zero-order chi connectivity index (χ0) is 20.3. The molecule has 0 unspecified atom stereocenters. The third kappa shape index (κ3) is 4.94. The zero-order valence-electron chi connectivity index (χ0n) is 15.0. The molecule has 0 bridgehead atoms. The zero-order valence-corrected chi connectivity index (χ0v) is 15.8. The summed E-state index contributed by atoms with van der Waals surface area (Å²) in [4.78, 5) is 15.1. The highest BCUT2D eigenvalue weighted by Gasteiger charge is 2.31. The lowest BCUT2D eigenvalue weighted by molar-refractivity contribution is -0.274. The molecule has 8 nitrogen and oxygen atoms in total. The molecule has 2 N–H and O–H groups in total. The molecule has 0 spiro atoms. The van der Waals surface area contributed by atoms with E-state index in [0.717, 1.165) is 11.3 Å². The molecule has 0 aliphatic rings. The van der Waals surface area contributed by atoms with Crippen LogP contribution in [0.3, 0.4) is 0 Å². The number of benzene rings is 1. The largest absolute Gasteiger partial charge is 0.573 e. The van der Waals surface area contributed by atoms with Gasteiger partial charge in [0.2, 0.25) is 11.1 Å². The van der Waals surface area contributed by atoms with Crippen molar-refractivity contribution in [3.8, 4) is 5.75 Å². The van der Waals surface area contributed by atoms with Crippen LogP contribution in [0.15, 0.2) is 23.4 Å². The van der Waals surface area contributed by atoms with Crippen LogP contribution in [0.25, 0.3) is 10.9 Å². The van der Waals surface area contributed by atoms with E-state index in [-0.39, 0.29) is 17.4 Å². The number of carbonyl (C=O) groups excluding carboxylic acids is 1. The fourth-order valence-electron chi connectivity index (χ4n) is 2.73. The van der Waals surface area contributed by atoms with Gasteiger partial charge in [0.15, 0.2) is 0 Å². The maximum absolute atomic E-state index is 12.4. The van der Waals surface area contributed by atoms with Gasteiger partial charge in [-0.2, -0.15) is 0 Å². The van der Waals surface area contributed by atoms with E-state index in [2.05, 4.69) is 30.6 Å². The van der Waals surface area contributed by atoms with Crippen LogP contribution < -0.4 is 10.1 Å². The van der Waals surface area contributed by atoms with Crippen LogP contribution in [-0.4, -0.2) is 49.8 Å². The number of nitrogens with one attached hydrogen (secondary N) is 2. The topological polar surface area (TPSA) is 97.7 Å². The molecule has 0 saturated heterocycles. The number of amides is 1. The molecule has 1 aromatic carbocycles. The van der Waals surface area contributed by atoms with E-state index >= 15 is 0 Å². The highest BCUT2D eigenvalue weighted by atomic mass is 32.2. The van der Waals surface area contributed by atoms with Crippen LogP contribution in [0.5, 0.6) is 5.75 Å². The first-order valence-electron chi connectivity index (χ1n) is 8.22. The summed E-state index contributed by atoms with van der Waals surface area (Å²) >= 11 is 1.21. The van der Waals surface area contributed by atoms with Crippen LogP contribution >= 0.6 is 11.8 Å². The number of aromatic nitrogens is 5. The number of H-pyrrole nitrogens is 1. The molecule has 0 radical (unpaired) electrons. The van der Waals surface area contributed by atoms with Crippen molar-refractivity contribution in [1.82, 2.24) is 30.5 Å². The van der Waals surface area contributed by atoms with Gasteiger partial charge in [0.25, 0.3) is 0 Å². The second-order valence-corrected chi connectivity index (χ2v) is 6.90. The van der Waals surface area contributed by atoms with Crippen molar-refractivity contribution in [1.29, 1.82) is 0 Å². The number of rotatable bonds is 7. The Morgan fingerprint density at radius 1 is 1.39 bits per heavy atom. The molecule has 0 fully saturated rings. The number of ether oxygens (including phenoxy) is 1. The molecule has 3 aromatic rings. The lowest BCUT2D eigenvalue weighted by atomic mass is 10.1. The summed E-state index contributed by atoms with van der Waals surface area (Å²) in [6.45, 7) is 2.17. The third-order valence-electron chi connectivity index (χ3n) is 3.94. The molecule has 0 saturated carbocycles. The van der Waals surface area contributed by atoms with Crippen molar-refractivity contribution in [3.63, 3.8) is 0 Å². The minimum absolute atomic E-state index is 0.157. The van der Waals surface area contributed by atoms with Gasteiger partial charge in [-0.15, -0.1) is 18.3 Å². The molecular weight excluding hydrogens is 397 g/mol.